The van der Waals surface area contributed by atoms with Gasteiger partial charge in [-0.1, -0.05) is 30.3 Å². The molecule has 1 saturated carbocycles. The van der Waals surface area contributed by atoms with E-state index in [9.17, 15) is 9.90 Å². The Hall–Kier alpha value is -1.39. The van der Waals surface area contributed by atoms with Crippen LogP contribution in [-0.2, 0) is 4.79 Å². The number of nitrogens with one attached hydrogen (secondary N) is 1. The number of aliphatic hydroxyl groups is 1. The number of amides is 1. The molecule has 0 saturated heterocycles. The number of carbonyl (C=O) groups is 1. The van der Waals surface area contributed by atoms with Crippen LogP contribution in [0.2, 0.25) is 0 Å². The minimum absolute atomic E-state index is 0.0583. The average molecular weight is 290 g/mol. The quantitative estimate of drug-likeness (QED) is 0.747. The Kier molecular flexibility index (Phi) is 5.76. The summed E-state index contributed by atoms with van der Waals surface area (Å²) >= 11 is 0. The van der Waals surface area contributed by atoms with Crippen LogP contribution < -0.4 is 11.1 Å². The van der Waals surface area contributed by atoms with Crippen LogP contribution in [0.25, 0.3) is 0 Å². The summed E-state index contributed by atoms with van der Waals surface area (Å²) in [5.41, 5.74) is 7.02. The highest BCUT2D eigenvalue weighted by Crippen LogP contribution is 2.25. The van der Waals surface area contributed by atoms with E-state index in [1.54, 1.807) is 6.92 Å². The van der Waals surface area contributed by atoms with Crippen molar-refractivity contribution >= 4 is 5.91 Å². The second-order valence-electron chi connectivity index (χ2n) is 6.21. The maximum Gasteiger partial charge on any atom is 0.223 e. The predicted molar refractivity (Wildman–Crippen MR) is 83.8 cm³/mol. The maximum atomic E-state index is 12.2. The Morgan fingerprint density at radius 1 is 1.38 bits per heavy atom. The summed E-state index contributed by atoms with van der Waals surface area (Å²) in [6.45, 7) is 2.35. The summed E-state index contributed by atoms with van der Waals surface area (Å²) in [5.74, 6) is 0.308. The molecule has 4 N–H and O–H groups in total. The SMILES string of the molecule is CC(O)CC(CNC(=O)C1CCC(N)C1)c1ccccc1. The second kappa shape index (κ2) is 7.57. The number of hydrogen-bond acceptors (Lipinski definition) is 3. The summed E-state index contributed by atoms with van der Waals surface area (Å²) in [5, 5.41) is 12.7. The molecule has 4 heteroatoms. The topological polar surface area (TPSA) is 75.3 Å². The lowest BCUT2D eigenvalue weighted by molar-refractivity contribution is -0.124. The minimum Gasteiger partial charge on any atom is -0.393 e. The third-order valence-corrected chi connectivity index (χ3v) is 4.26. The number of hydrogen-bond donors (Lipinski definition) is 3. The van der Waals surface area contributed by atoms with Gasteiger partial charge in [0.15, 0.2) is 0 Å². The molecular formula is C17H26N2O2. The zero-order valence-corrected chi connectivity index (χ0v) is 12.7. The fourth-order valence-electron chi connectivity index (χ4n) is 3.10. The van der Waals surface area contributed by atoms with Crippen molar-refractivity contribution in [2.24, 2.45) is 11.7 Å². The number of benzene rings is 1. The van der Waals surface area contributed by atoms with Crippen molar-refractivity contribution in [1.29, 1.82) is 0 Å². The van der Waals surface area contributed by atoms with Gasteiger partial charge in [0, 0.05) is 24.4 Å². The molecule has 4 unspecified atom stereocenters. The van der Waals surface area contributed by atoms with Crippen molar-refractivity contribution in [3.8, 4) is 0 Å². The zero-order valence-electron chi connectivity index (χ0n) is 12.7. The molecule has 0 heterocycles. The van der Waals surface area contributed by atoms with Gasteiger partial charge in [0.25, 0.3) is 0 Å². The Morgan fingerprint density at radius 2 is 2.10 bits per heavy atom. The van der Waals surface area contributed by atoms with Crippen molar-refractivity contribution in [3.63, 3.8) is 0 Å². The molecule has 0 spiro atoms. The lowest BCUT2D eigenvalue weighted by Gasteiger charge is -2.21. The molecule has 4 atom stereocenters. The highest BCUT2D eigenvalue weighted by atomic mass is 16.3. The number of nitrogens with two attached hydrogens (primary N) is 1. The van der Waals surface area contributed by atoms with Crippen molar-refractivity contribution < 1.29 is 9.90 Å². The molecule has 1 aromatic rings. The van der Waals surface area contributed by atoms with E-state index < -0.39 is 0 Å². The molecule has 1 fully saturated rings. The summed E-state index contributed by atoms with van der Waals surface area (Å²) < 4.78 is 0. The zero-order chi connectivity index (χ0) is 15.2. The van der Waals surface area contributed by atoms with Crippen molar-refractivity contribution in [2.75, 3.05) is 6.54 Å². The van der Waals surface area contributed by atoms with Crippen molar-refractivity contribution in [3.05, 3.63) is 35.9 Å². The van der Waals surface area contributed by atoms with Crippen LogP contribution in [0.5, 0.6) is 0 Å². The molecule has 2 rings (SSSR count). The molecule has 0 aliphatic heterocycles. The summed E-state index contributed by atoms with van der Waals surface area (Å²) in [7, 11) is 0. The molecular weight excluding hydrogens is 264 g/mol. The lowest BCUT2D eigenvalue weighted by atomic mass is 9.93. The van der Waals surface area contributed by atoms with Gasteiger partial charge in [-0.25, -0.2) is 0 Å². The van der Waals surface area contributed by atoms with E-state index in [1.165, 1.54) is 0 Å². The molecule has 4 nitrogen and oxygen atoms in total. The highest BCUT2D eigenvalue weighted by molar-refractivity contribution is 5.79. The van der Waals surface area contributed by atoms with Gasteiger partial charge in [-0.05, 0) is 38.2 Å². The first-order valence-corrected chi connectivity index (χ1v) is 7.82. The molecule has 1 amide bonds. The van der Waals surface area contributed by atoms with Gasteiger partial charge in [0.05, 0.1) is 6.10 Å². The number of carbonyl (C=O) groups excluding carboxylic acids is 1. The summed E-state index contributed by atoms with van der Waals surface area (Å²) in [6, 6.07) is 10.2. The van der Waals surface area contributed by atoms with Crippen molar-refractivity contribution in [2.45, 2.75) is 50.7 Å². The molecule has 1 aliphatic rings. The van der Waals surface area contributed by atoms with E-state index in [2.05, 4.69) is 5.32 Å². The van der Waals surface area contributed by atoms with Gasteiger partial charge in [0.1, 0.15) is 0 Å². The summed E-state index contributed by atoms with van der Waals surface area (Å²) in [4.78, 5) is 12.2. The fraction of sp³-hybridized carbons (Fsp3) is 0.588. The lowest BCUT2D eigenvalue weighted by Crippen LogP contribution is -2.34. The van der Waals surface area contributed by atoms with Gasteiger partial charge >= 0.3 is 0 Å². The monoisotopic (exact) mass is 290 g/mol. The van der Waals surface area contributed by atoms with E-state index in [0.717, 1.165) is 24.8 Å². The smallest absolute Gasteiger partial charge is 0.223 e. The van der Waals surface area contributed by atoms with Gasteiger partial charge in [-0.3, -0.25) is 4.79 Å². The molecule has 1 aromatic carbocycles. The predicted octanol–water partition coefficient (Wildman–Crippen LogP) is 1.78. The van der Waals surface area contributed by atoms with Crippen molar-refractivity contribution in [1.82, 2.24) is 5.32 Å². The second-order valence-corrected chi connectivity index (χ2v) is 6.21. The molecule has 0 radical (unpaired) electrons. The van der Waals surface area contributed by atoms with E-state index in [0.29, 0.717) is 13.0 Å². The number of rotatable bonds is 6. The summed E-state index contributed by atoms with van der Waals surface area (Å²) in [6.07, 6.45) is 2.88. The molecule has 1 aliphatic carbocycles. The third kappa shape index (κ3) is 4.83. The number of aliphatic hydroxyl groups excluding tert-OH is 1. The van der Waals surface area contributed by atoms with E-state index >= 15 is 0 Å². The van der Waals surface area contributed by atoms with Gasteiger partial charge in [-0.2, -0.15) is 0 Å². The van der Waals surface area contributed by atoms with Crippen LogP contribution in [0.3, 0.4) is 0 Å². The molecule has 116 valence electrons. The van der Waals surface area contributed by atoms with Crippen LogP contribution in [0, 0.1) is 5.92 Å². The Bertz CT molecular complexity index is 447. The van der Waals surface area contributed by atoms with E-state index in [-0.39, 0.29) is 29.9 Å². The van der Waals surface area contributed by atoms with Crippen LogP contribution in [0.4, 0.5) is 0 Å². The van der Waals surface area contributed by atoms with Gasteiger partial charge in [0.2, 0.25) is 5.91 Å². The minimum atomic E-state index is -0.382. The maximum absolute atomic E-state index is 12.2. The fourth-order valence-corrected chi connectivity index (χ4v) is 3.10. The van der Waals surface area contributed by atoms with Crippen LogP contribution in [0.15, 0.2) is 30.3 Å². The van der Waals surface area contributed by atoms with Gasteiger partial charge in [-0.15, -0.1) is 0 Å². The first kappa shape index (κ1) is 16.0. The molecule has 0 aromatic heterocycles. The normalized spacial score (nSPS) is 24.5. The molecule has 0 bridgehead atoms. The first-order valence-electron chi connectivity index (χ1n) is 7.82. The van der Waals surface area contributed by atoms with Crippen LogP contribution in [-0.4, -0.2) is 29.7 Å². The largest absolute Gasteiger partial charge is 0.393 e. The first-order chi connectivity index (χ1) is 10.1. The van der Waals surface area contributed by atoms with E-state index in [4.69, 9.17) is 5.73 Å². The van der Waals surface area contributed by atoms with Gasteiger partial charge < -0.3 is 16.2 Å². The van der Waals surface area contributed by atoms with Crippen LogP contribution >= 0.6 is 0 Å². The highest BCUT2D eigenvalue weighted by Gasteiger charge is 2.28. The van der Waals surface area contributed by atoms with E-state index in [1.807, 2.05) is 30.3 Å². The average Bonchev–Trinajstić information content (AvgIpc) is 2.90. The Labute approximate surface area is 126 Å². The third-order valence-electron chi connectivity index (χ3n) is 4.26. The standard InChI is InChI=1S/C17H26N2O2/c1-12(20)9-15(13-5-3-2-4-6-13)11-19-17(21)14-7-8-16(18)10-14/h2-6,12,14-16,20H,7-11,18H2,1H3,(H,19,21). The van der Waals surface area contributed by atoms with Crippen LogP contribution in [0.1, 0.15) is 44.1 Å². The molecule has 21 heavy (non-hydrogen) atoms. The Balaban J connectivity index is 1.91. The Morgan fingerprint density at radius 3 is 2.67 bits per heavy atom.